The van der Waals surface area contributed by atoms with Crippen LogP contribution in [0.15, 0.2) is 377 Å². The third kappa shape index (κ3) is 10.7. The summed E-state index contributed by atoms with van der Waals surface area (Å²) in [6.45, 7) is 0. The Balaban J connectivity index is 0.000000135. The largest absolute Gasteiger partial charge is 0.456 e. The summed E-state index contributed by atoms with van der Waals surface area (Å²) in [4.78, 5) is 30.8. The summed E-state index contributed by atoms with van der Waals surface area (Å²) >= 11 is 1.80. The van der Waals surface area contributed by atoms with Crippen molar-refractivity contribution in [2.75, 3.05) is 0 Å². The molecular formula is C102H60N8O3S. The molecule has 0 unspecified atom stereocenters. The third-order valence-electron chi connectivity index (χ3n) is 22.1. The Morgan fingerprint density at radius 2 is 0.544 bits per heavy atom. The predicted octanol–water partition coefficient (Wildman–Crippen LogP) is 27.3. The standard InChI is InChI=1S/C51H30N4O2.C51H30N4OS/c1-2-12-31(13-3-1)49-52-50(54-51(53-49)34-25-27-40-39-17-5-8-21-44(39)57-47(40)30-34)33-14-10-15-35(28-33)55-42-20-7-4-16-37(42)38-26-24-32(29-43(38)55)36-19-11-23-46-48(36)41-18-6-9-22-45(41)56-46;1-2-13-31(14-3-1)49-52-50(54-51(53-49)40-21-12-26-46-48(40)39-19-6-9-25-45(39)57-46)33-15-10-16-34(29-33)55-41-22-7-4-17-36(41)37-28-27-32(30-42(37)55)35-20-11-24-44-47(35)38-18-5-8-23-43(38)56-44/h2*1-30H. The fourth-order valence-corrected chi connectivity index (χ4v) is 18.1. The lowest BCUT2D eigenvalue weighted by Gasteiger charge is -2.12. The molecule has 0 atom stereocenters. The smallest absolute Gasteiger partial charge is 0.164 e. The van der Waals surface area contributed by atoms with E-state index in [1.165, 1.54) is 41.7 Å². The molecule has 11 nitrogen and oxygen atoms in total. The van der Waals surface area contributed by atoms with E-state index >= 15 is 0 Å². The quantitative estimate of drug-likeness (QED) is 0.131. The van der Waals surface area contributed by atoms with Crippen molar-refractivity contribution in [3.8, 4) is 102 Å². The molecule has 0 fully saturated rings. The van der Waals surface area contributed by atoms with Gasteiger partial charge >= 0.3 is 0 Å². The molecule has 0 radical (unpaired) electrons. The molecule has 12 heteroatoms. The molecular weight excluding hydrogens is 1420 g/mol. The van der Waals surface area contributed by atoms with Crippen LogP contribution >= 0.6 is 11.3 Å². The van der Waals surface area contributed by atoms with Crippen LogP contribution < -0.4 is 0 Å². The lowest BCUT2D eigenvalue weighted by molar-refractivity contribution is 0.668. The highest BCUT2D eigenvalue weighted by molar-refractivity contribution is 7.26. The van der Waals surface area contributed by atoms with E-state index < -0.39 is 0 Å². The summed E-state index contributed by atoms with van der Waals surface area (Å²) in [6, 6.07) is 127. The summed E-state index contributed by atoms with van der Waals surface area (Å²) in [5.41, 5.74) is 21.7. The highest BCUT2D eigenvalue weighted by Gasteiger charge is 2.24. The molecule has 0 bridgehead atoms. The summed E-state index contributed by atoms with van der Waals surface area (Å²) < 4.78 is 26.0. The molecule has 8 aromatic heterocycles. The Morgan fingerprint density at radius 3 is 1.09 bits per heavy atom. The van der Waals surface area contributed by atoms with Gasteiger partial charge in [0.25, 0.3) is 0 Å². The Morgan fingerprint density at radius 1 is 0.193 bits per heavy atom. The number of nitrogens with zero attached hydrogens (tertiary/aromatic N) is 8. The van der Waals surface area contributed by atoms with E-state index in [0.717, 1.165) is 155 Å². The second-order valence-electron chi connectivity index (χ2n) is 28.8. The van der Waals surface area contributed by atoms with E-state index in [-0.39, 0.29) is 0 Å². The van der Waals surface area contributed by atoms with Crippen LogP contribution in [0.2, 0.25) is 0 Å². The highest BCUT2D eigenvalue weighted by atomic mass is 32.1. The van der Waals surface area contributed by atoms with Crippen molar-refractivity contribution >= 4 is 141 Å². The van der Waals surface area contributed by atoms with E-state index in [2.05, 4.69) is 270 Å². The molecule has 0 aliphatic heterocycles. The number of rotatable bonds is 10. The molecule has 0 N–H and O–H groups in total. The Labute approximate surface area is 654 Å². The SMILES string of the molecule is c1ccc(-c2nc(-c3cccc(-n4c5ccccc5c5ccc(-c6cccc7oc8ccccc8c67)cc54)c3)nc(-c3ccc4c(c3)oc3ccccc34)n2)cc1.c1ccc(-c2nc(-c3cccc(-n4c5ccccc5c5ccc(-c6cccc7oc8ccccc8c67)cc54)c3)nc(-c3cccc4sc5ccccc5c34)n2)cc1. The summed E-state index contributed by atoms with van der Waals surface area (Å²) in [6.07, 6.45) is 0. The van der Waals surface area contributed by atoms with Crippen molar-refractivity contribution in [2.24, 2.45) is 0 Å². The van der Waals surface area contributed by atoms with Crippen LogP contribution in [0, 0.1) is 0 Å². The summed E-state index contributed by atoms with van der Waals surface area (Å²) in [5.74, 6) is 3.69. The molecule has 8 heterocycles. The van der Waals surface area contributed by atoms with Gasteiger partial charge in [0.05, 0.1) is 22.1 Å². The molecule has 0 amide bonds. The number of furan rings is 3. The van der Waals surface area contributed by atoms with Crippen LogP contribution in [0.1, 0.15) is 0 Å². The van der Waals surface area contributed by atoms with Gasteiger partial charge in [0.1, 0.15) is 33.5 Å². The van der Waals surface area contributed by atoms with E-state index in [4.69, 9.17) is 43.2 Å². The summed E-state index contributed by atoms with van der Waals surface area (Å²) in [7, 11) is 0. The van der Waals surface area contributed by atoms with E-state index in [9.17, 15) is 0 Å². The predicted molar refractivity (Wildman–Crippen MR) is 467 cm³/mol. The van der Waals surface area contributed by atoms with Crippen molar-refractivity contribution in [3.63, 3.8) is 0 Å². The number of hydrogen-bond donors (Lipinski definition) is 0. The van der Waals surface area contributed by atoms with E-state index in [1.54, 1.807) is 11.3 Å². The van der Waals surface area contributed by atoms with Crippen LogP contribution in [0.25, 0.3) is 232 Å². The Kier molecular flexibility index (Phi) is 14.9. The maximum absolute atomic E-state index is 6.29. The highest BCUT2D eigenvalue weighted by Crippen LogP contribution is 2.45. The number of para-hydroxylation sites is 5. The number of thiophene rings is 1. The lowest BCUT2D eigenvalue weighted by Crippen LogP contribution is -2.01. The monoisotopic (exact) mass is 1480 g/mol. The third-order valence-corrected chi connectivity index (χ3v) is 23.3. The first-order valence-electron chi connectivity index (χ1n) is 38.0. The first-order chi connectivity index (χ1) is 56.5. The molecule has 0 spiro atoms. The van der Waals surface area contributed by atoms with Crippen molar-refractivity contribution in [3.05, 3.63) is 364 Å². The van der Waals surface area contributed by atoms with Gasteiger partial charge in [0.15, 0.2) is 34.9 Å². The van der Waals surface area contributed by atoms with Gasteiger partial charge in [-0.25, -0.2) is 29.9 Å². The molecule has 24 rings (SSSR count). The Bertz CT molecular complexity index is 8030. The first-order valence-corrected chi connectivity index (χ1v) is 38.8. The van der Waals surface area contributed by atoms with Crippen LogP contribution in [-0.4, -0.2) is 39.0 Å². The van der Waals surface area contributed by atoms with Crippen molar-refractivity contribution < 1.29 is 13.3 Å². The zero-order valence-corrected chi connectivity index (χ0v) is 61.7. The van der Waals surface area contributed by atoms with Gasteiger partial charge in [-0.05, 0) is 125 Å². The number of fused-ring (bicyclic) bond motifs is 18. The topological polar surface area (TPSA) is 127 Å². The molecule has 0 aliphatic rings. The van der Waals surface area contributed by atoms with E-state index in [0.29, 0.717) is 34.9 Å². The maximum atomic E-state index is 6.29. The molecule has 114 heavy (non-hydrogen) atoms. The van der Waals surface area contributed by atoms with Crippen LogP contribution in [0.5, 0.6) is 0 Å². The second-order valence-corrected chi connectivity index (χ2v) is 29.8. The fraction of sp³-hybridized carbons (Fsp3) is 0. The number of hydrogen-bond acceptors (Lipinski definition) is 10. The zero-order valence-electron chi connectivity index (χ0n) is 60.9. The minimum atomic E-state index is 0.578. The van der Waals surface area contributed by atoms with Crippen LogP contribution in [-0.2, 0) is 0 Å². The van der Waals surface area contributed by atoms with Gasteiger partial charge in [0.2, 0.25) is 0 Å². The molecule has 0 aliphatic carbocycles. The lowest BCUT2D eigenvalue weighted by atomic mass is 9.98. The number of aromatic nitrogens is 8. The molecule has 24 aromatic rings. The second kappa shape index (κ2) is 26.2. The molecule has 16 aromatic carbocycles. The fourth-order valence-electron chi connectivity index (χ4n) is 16.9. The van der Waals surface area contributed by atoms with Crippen LogP contribution in [0.3, 0.4) is 0 Å². The van der Waals surface area contributed by atoms with Crippen molar-refractivity contribution in [1.29, 1.82) is 0 Å². The minimum absolute atomic E-state index is 0.578. The minimum Gasteiger partial charge on any atom is -0.456 e. The van der Waals surface area contributed by atoms with Gasteiger partial charge in [-0.3, -0.25) is 0 Å². The van der Waals surface area contributed by atoms with Crippen molar-refractivity contribution in [1.82, 2.24) is 39.0 Å². The van der Waals surface area contributed by atoms with Crippen LogP contribution in [0.4, 0.5) is 0 Å². The zero-order chi connectivity index (χ0) is 74.9. The molecule has 0 saturated carbocycles. The first kappa shape index (κ1) is 64.7. The van der Waals surface area contributed by atoms with Gasteiger partial charge in [-0.15, -0.1) is 11.3 Å². The maximum Gasteiger partial charge on any atom is 0.164 e. The average molecular weight is 1480 g/mol. The summed E-state index contributed by atoms with van der Waals surface area (Å²) in [5, 5.41) is 13.8. The molecule has 0 saturated heterocycles. The molecule has 532 valence electrons. The Hall–Kier alpha value is -15.2. The van der Waals surface area contributed by atoms with Gasteiger partial charge in [0, 0.05) is 119 Å². The van der Waals surface area contributed by atoms with E-state index in [1.807, 2.05) is 103 Å². The number of benzene rings is 16. The van der Waals surface area contributed by atoms with Gasteiger partial charge in [-0.1, -0.05) is 261 Å². The average Bonchev–Trinajstić information content (AvgIpc) is 1.57. The van der Waals surface area contributed by atoms with Gasteiger partial charge in [-0.2, -0.15) is 0 Å². The van der Waals surface area contributed by atoms with Gasteiger partial charge < -0.3 is 22.4 Å². The van der Waals surface area contributed by atoms with Crippen molar-refractivity contribution in [2.45, 2.75) is 0 Å². The normalized spacial score (nSPS) is 11.9.